The molecule has 1 aromatic heterocycles. The van der Waals surface area contributed by atoms with Crippen molar-refractivity contribution in [2.24, 2.45) is 5.18 Å². The summed E-state index contributed by atoms with van der Waals surface area (Å²) >= 11 is 0. The van der Waals surface area contributed by atoms with Crippen molar-refractivity contribution in [3.63, 3.8) is 0 Å². The maximum atomic E-state index is 11.5. The molecule has 9 heteroatoms. The summed E-state index contributed by atoms with van der Waals surface area (Å²) < 4.78 is 14.9. The molecule has 0 aliphatic rings. The monoisotopic (exact) mass is 389 g/mol. The zero-order chi connectivity index (χ0) is 20.9. The summed E-state index contributed by atoms with van der Waals surface area (Å²) in [6, 6.07) is 7.77. The van der Waals surface area contributed by atoms with Crippen LogP contribution in [-0.4, -0.2) is 50.8 Å². The van der Waals surface area contributed by atoms with Crippen LogP contribution in [0.2, 0.25) is 0 Å². The Kier molecular flexibility index (Phi) is 9.84. The van der Waals surface area contributed by atoms with Gasteiger partial charge < -0.3 is 19.5 Å². The molecule has 2 aromatic rings. The first-order valence-electron chi connectivity index (χ1n) is 8.29. The van der Waals surface area contributed by atoms with Gasteiger partial charge in [-0.1, -0.05) is 0 Å². The van der Waals surface area contributed by atoms with Gasteiger partial charge in [0.15, 0.2) is 0 Å². The maximum Gasteiger partial charge on any atom is 0.339 e. The summed E-state index contributed by atoms with van der Waals surface area (Å²) in [7, 11) is 4.42. The number of ether oxygens (including phenoxy) is 3. The number of aromatic nitrogens is 1. The minimum absolute atomic E-state index is 0.149. The molecule has 1 aromatic carbocycles. The number of nitrogens with zero attached hydrogens (tertiary/aromatic N) is 2. The highest BCUT2D eigenvalue weighted by atomic mass is 16.5. The molecule has 0 radical (unpaired) electrons. The van der Waals surface area contributed by atoms with Crippen LogP contribution in [0.1, 0.15) is 27.6 Å². The maximum absolute atomic E-state index is 11.5. The predicted molar refractivity (Wildman–Crippen MR) is 103 cm³/mol. The Morgan fingerprint density at radius 2 is 1.96 bits per heavy atom. The Labute approximate surface area is 163 Å². The molecular weight excluding hydrogens is 366 g/mol. The van der Waals surface area contributed by atoms with Crippen molar-refractivity contribution in [1.82, 2.24) is 10.3 Å². The number of amides is 1. The molecule has 0 saturated heterocycles. The Morgan fingerprint density at radius 3 is 2.50 bits per heavy atom. The van der Waals surface area contributed by atoms with Crippen molar-refractivity contribution < 1.29 is 23.8 Å². The molecule has 28 heavy (non-hydrogen) atoms. The van der Waals surface area contributed by atoms with Crippen LogP contribution < -0.4 is 10.1 Å². The van der Waals surface area contributed by atoms with E-state index in [0.29, 0.717) is 23.5 Å². The van der Waals surface area contributed by atoms with E-state index < -0.39 is 0 Å². The van der Waals surface area contributed by atoms with Crippen molar-refractivity contribution in [1.29, 1.82) is 0 Å². The van der Waals surface area contributed by atoms with Crippen molar-refractivity contribution in [2.45, 2.75) is 13.0 Å². The molecule has 1 N–H and O–H groups in total. The van der Waals surface area contributed by atoms with Gasteiger partial charge in [-0.15, -0.1) is 4.91 Å². The second-order valence-electron chi connectivity index (χ2n) is 5.50. The van der Waals surface area contributed by atoms with Gasteiger partial charge in [0.05, 0.1) is 19.3 Å². The van der Waals surface area contributed by atoms with Crippen molar-refractivity contribution >= 4 is 17.6 Å². The van der Waals surface area contributed by atoms with Gasteiger partial charge in [0.25, 0.3) is 5.91 Å². The Balaban J connectivity index is 0.000000330. The number of methoxy groups -OCH3 is 2. The van der Waals surface area contributed by atoms with E-state index in [1.54, 1.807) is 31.5 Å². The van der Waals surface area contributed by atoms with Gasteiger partial charge >= 0.3 is 5.97 Å². The van der Waals surface area contributed by atoms with E-state index in [1.165, 1.54) is 32.5 Å². The number of rotatable bonds is 7. The van der Waals surface area contributed by atoms with Crippen LogP contribution in [0, 0.1) is 4.91 Å². The van der Waals surface area contributed by atoms with Gasteiger partial charge in [-0.2, -0.15) is 0 Å². The molecule has 9 nitrogen and oxygen atoms in total. The van der Waals surface area contributed by atoms with Gasteiger partial charge in [0.2, 0.25) is 0 Å². The van der Waals surface area contributed by atoms with Gasteiger partial charge in [0.1, 0.15) is 17.5 Å². The van der Waals surface area contributed by atoms with E-state index in [-0.39, 0.29) is 23.7 Å². The second kappa shape index (κ2) is 12.1. The van der Waals surface area contributed by atoms with Crippen LogP contribution in [0.25, 0.3) is 0 Å². The summed E-state index contributed by atoms with van der Waals surface area (Å²) in [5.74, 6) is -0.243. The Hall–Kier alpha value is -3.33. The normalized spacial score (nSPS) is 10.7. The lowest BCUT2D eigenvalue weighted by molar-refractivity contribution is 0.0600. The molecule has 1 atom stereocenters. The third-order valence-electron chi connectivity index (χ3n) is 3.31. The molecule has 0 spiro atoms. The van der Waals surface area contributed by atoms with Gasteiger partial charge in [-0.05, 0) is 36.4 Å². The van der Waals surface area contributed by atoms with E-state index in [2.05, 4.69) is 20.2 Å². The number of nitroso groups, excluding NO2 is 1. The molecule has 0 fully saturated rings. The minimum atomic E-state index is -0.354. The fourth-order valence-electron chi connectivity index (χ4n) is 2.08. The highest BCUT2D eigenvalue weighted by Gasteiger charge is 2.10. The van der Waals surface area contributed by atoms with Crippen LogP contribution in [0.5, 0.6) is 5.75 Å². The van der Waals surface area contributed by atoms with Gasteiger partial charge in [0, 0.05) is 38.2 Å². The molecule has 1 amide bonds. The first-order chi connectivity index (χ1) is 13.4. The largest absolute Gasteiger partial charge is 0.488 e. The number of carbonyl (C=O) groups is 2. The minimum Gasteiger partial charge on any atom is -0.488 e. The number of hydrogen-bond donors (Lipinski definition) is 1. The van der Waals surface area contributed by atoms with Crippen molar-refractivity contribution in [3.8, 4) is 5.75 Å². The van der Waals surface area contributed by atoms with E-state index in [0.717, 1.165) is 0 Å². The number of benzene rings is 1. The molecule has 0 aliphatic heterocycles. The number of esters is 1. The van der Waals surface area contributed by atoms with Gasteiger partial charge in [-0.3, -0.25) is 9.78 Å². The number of hydrogen-bond acceptors (Lipinski definition) is 8. The lowest BCUT2D eigenvalue weighted by Crippen LogP contribution is -2.20. The molecule has 2 rings (SSSR count). The zero-order valence-corrected chi connectivity index (χ0v) is 16.2. The quantitative estimate of drug-likeness (QED) is 0.571. The first-order valence-corrected chi connectivity index (χ1v) is 8.29. The number of nitrogens with one attached hydrogen (secondary N) is 1. The van der Waals surface area contributed by atoms with E-state index in [1.807, 2.05) is 6.92 Å². The smallest absolute Gasteiger partial charge is 0.339 e. The Morgan fingerprint density at radius 1 is 1.21 bits per heavy atom. The lowest BCUT2D eigenvalue weighted by Gasteiger charge is -2.14. The van der Waals surface area contributed by atoms with Crippen LogP contribution in [0.15, 0.2) is 47.9 Å². The lowest BCUT2D eigenvalue weighted by atomic mass is 10.1. The second-order valence-corrected chi connectivity index (χ2v) is 5.50. The van der Waals surface area contributed by atoms with Crippen LogP contribution >= 0.6 is 0 Å². The summed E-state index contributed by atoms with van der Waals surface area (Å²) in [5.41, 5.74) is 0.954. The van der Waals surface area contributed by atoms with Crippen LogP contribution in [0.3, 0.4) is 0 Å². The van der Waals surface area contributed by atoms with Crippen LogP contribution in [0.4, 0.5) is 5.69 Å². The fraction of sp³-hybridized carbons (Fsp3) is 0.316. The average Bonchev–Trinajstić information content (AvgIpc) is 2.73. The Bertz CT molecular complexity index is 782. The molecule has 1 unspecified atom stereocenters. The van der Waals surface area contributed by atoms with Gasteiger partial charge in [-0.25, -0.2) is 4.79 Å². The highest BCUT2D eigenvalue weighted by molar-refractivity contribution is 5.95. The fourth-order valence-corrected chi connectivity index (χ4v) is 2.08. The molecule has 0 aliphatic carbocycles. The van der Waals surface area contributed by atoms with E-state index >= 15 is 0 Å². The summed E-state index contributed by atoms with van der Waals surface area (Å²) in [5, 5.41) is 5.30. The highest BCUT2D eigenvalue weighted by Crippen LogP contribution is 2.24. The topological polar surface area (TPSA) is 116 Å². The first kappa shape index (κ1) is 22.7. The predicted octanol–water partition coefficient (Wildman–Crippen LogP) is 2.73. The number of carbonyl (C=O) groups excluding carboxylic acids is 2. The zero-order valence-electron chi connectivity index (χ0n) is 16.2. The average molecular weight is 389 g/mol. The molecular formula is C19H23N3O6. The number of pyridine rings is 1. The standard InChI is InChI=1S/C12H16N2O4.C7H7NO2/c1-8(7-17-3)18-11-5-9(12(15)13-2)4-10(6-11)14-16;1-10-7(9)6-3-2-4-8-5-6/h4-6,8H,7H2,1-3H3,(H,13,15);2-5H,1H3. The summed E-state index contributed by atoms with van der Waals surface area (Å²) in [6.07, 6.45) is 2.88. The molecule has 150 valence electrons. The van der Waals surface area contributed by atoms with Crippen molar-refractivity contribution in [3.05, 3.63) is 58.8 Å². The van der Waals surface area contributed by atoms with Crippen LogP contribution in [-0.2, 0) is 9.47 Å². The van der Waals surface area contributed by atoms with E-state index in [4.69, 9.17) is 9.47 Å². The summed E-state index contributed by atoms with van der Waals surface area (Å²) in [6.45, 7) is 2.23. The third kappa shape index (κ3) is 7.50. The SMILES string of the molecule is CNC(=O)c1cc(N=O)cc(OC(C)COC)c1.COC(=O)c1cccnc1. The molecule has 1 heterocycles. The summed E-state index contributed by atoms with van der Waals surface area (Å²) in [4.78, 5) is 36.6. The van der Waals surface area contributed by atoms with Crippen molar-refractivity contribution in [2.75, 3.05) is 27.9 Å². The third-order valence-corrected chi connectivity index (χ3v) is 3.31. The molecule has 0 saturated carbocycles. The molecule has 0 bridgehead atoms. The van der Waals surface area contributed by atoms with E-state index in [9.17, 15) is 14.5 Å².